The van der Waals surface area contributed by atoms with E-state index in [0.717, 1.165) is 16.1 Å². The van der Waals surface area contributed by atoms with Crippen molar-refractivity contribution >= 4 is 21.6 Å². The molecule has 0 saturated carbocycles. The predicted molar refractivity (Wildman–Crippen MR) is 72.1 cm³/mol. The van der Waals surface area contributed by atoms with Crippen molar-refractivity contribution in [3.05, 3.63) is 29.8 Å². The molecule has 1 rings (SSSR count). The molecule has 1 aromatic carbocycles. The summed E-state index contributed by atoms with van der Waals surface area (Å²) in [6.07, 6.45) is 1.10. The molecule has 0 aliphatic rings. The molecule has 0 aliphatic carbocycles. The normalized spacial score (nSPS) is 11.1. The number of likely N-dealkylation sites (N-methyl/N-ethyl adjacent to an activating group) is 1. The van der Waals surface area contributed by atoms with Gasteiger partial charge < -0.3 is 5.32 Å². The Hall–Kier alpha value is -1.56. The van der Waals surface area contributed by atoms with E-state index in [1.807, 2.05) is 19.1 Å². The van der Waals surface area contributed by atoms with Crippen molar-refractivity contribution in [2.24, 2.45) is 0 Å². The van der Waals surface area contributed by atoms with Gasteiger partial charge in [0.05, 0.1) is 11.9 Å². The van der Waals surface area contributed by atoms with Crippen LogP contribution in [0.1, 0.15) is 12.5 Å². The van der Waals surface area contributed by atoms with Crippen LogP contribution in [0.4, 0.5) is 5.69 Å². The van der Waals surface area contributed by atoms with Gasteiger partial charge in [0.15, 0.2) is 0 Å². The van der Waals surface area contributed by atoms with Crippen molar-refractivity contribution in [1.29, 1.82) is 0 Å². The van der Waals surface area contributed by atoms with Gasteiger partial charge in [-0.05, 0) is 25.5 Å². The fourth-order valence-corrected chi connectivity index (χ4v) is 2.52. The first-order valence-corrected chi connectivity index (χ1v) is 7.51. The van der Waals surface area contributed by atoms with Crippen LogP contribution >= 0.6 is 0 Å². The Labute approximate surface area is 108 Å². The quantitative estimate of drug-likeness (QED) is 0.864. The molecule has 1 aromatic rings. The third kappa shape index (κ3) is 3.73. The molecular formula is C12H18N2O3S. The highest BCUT2D eigenvalue weighted by molar-refractivity contribution is 7.92. The number of hydrogen-bond donors (Lipinski definition) is 1. The van der Waals surface area contributed by atoms with E-state index in [1.54, 1.807) is 19.1 Å². The maximum Gasteiger partial charge on any atom is 0.240 e. The molecule has 0 radical (unpaired) electrons. The number of nitrogens with one attached hydrogen (secondary N) is 1. The Morgan fingerprint density at radius 3 is 2.44 bits per heavy atom. The lowest BCUT2D eigenvalue weighted by molar-refractivity contribution is -0.119. The lowest BCUT2D eigenvalue weighted by Gasteiger charge is -2.23. The SMILES string of the molecule is CCNC(=O)CN(c1ccccc1C)S(C)(=O)=O. The summed E-state index contributed by atoms with van der Waals surface area (Å²) in [5, 5.41) is 2.59. The van der Waals surface area contributed by atoms with Crippen molar-refractivity contribution in [3.63, 3.8) is 0 Å². The molecule has 0 aliphatic heterocycles. The Bertz CT molecular complexity index is 526. The summed E-state index contributed by atoms with van der Waals surface area (Å²) < 4.78 is 24.7. The zero-order valence-electron chi connectivity index (χ0n) is 10.8. The van der Waals surface area contributed by atoms with E-state index in [0.29, 0.717) is 12.2 Å². The van der Waals surface area contributed by atoms with Gasteiger partial charge in [0.25, 0.3) is 0 Å². The van der Waals surface area contributed by atoms with Crippen LogP contribution in [0.3, 0.4) is 0 Å². The van der Waals surface area contributed by atoms with E-state index in [1.165, 1.54) is 0 Å². The maximum atomic E-state index is 11.8. The third-order valence-corrected chi connectivity index (χ3v) is 3.57. The van der Waals surface area contributed by atoms with E-state index >= 15 is 0 Å². The number of rotatable bonds is 5. The molecule has 18 heavy (non-hydrogen) atoms. The molecule has 1 N–H and O–H groups in total. The van der Waals surface area contributed by atoms with Crippen LogP contribution in [-0.2, 0) is 14.8 Å². The Balaban J connectivity index is 3.08. The first-order valence-electron chi connectivity index (χ1n) is 5.66. The summed E-state index contributed by atoms with van der Waals surface area (Å²) in [4.78, 5) is 11.6. The highest BCUT2D eigenvalue weighted by atomic mass is 32.2. The molecular weight excluding hydrogens is 252 g/mol. The van der Waals surface area contributed by atoms with Crippen LogP contribution < -0.4 is 9.62 Å². The monoisotopic (exact) mass is 270 g/mol. The number of para-hydroxylation sites is 1. The fraction of sp³-hybridized carbons (Fsp3) is 0.417. The number of amides is 1. The van der Waals surface area contributed by atoms with Crippen LogP contribution in [0.25, 0.3) is 0 Å². The molecule has 0 atom stereocenters. The summed E-state index contributed by atoms with van der Waals surface area (Å²) in [6, 6.07) is 7.07. The van der Waals surface area contributed by atoms with Gasteiger partial charge in [0.1, 0.15) is 6.54 Å². The van der Waals surface area contributed by atoms with Gasteiger partial charge in [0.2, 0.25) is 15.9 Å². The van der Waals surface area contributed by atoms with Crippen LogP contribution in [0.15, 0.2) is 24.3 Å². The number of anilines is 1. The zero-order chi connectivity index (χ0) is 13.8. The summed E-state index contributed by atoms with van der Waals surface area (Å²) in [7, 11) is -3.48. The smallest absolute Gasteiger partial charge is 0.240 e. The molecule has 6 heteroatoms. The number of aryl methyl sites for hydroxylation is 1. The van der Waals surface area contributed by atoms with E-state index < -0.39 is 10.0 Å². The molecule has 0 saturated heterocycles. The Kier molecular flexibility index (Phi) is 4.72. The minimum atomic E-state index is -3.48. The van der Waals surface area contributed by atoms with Gasteiger partial charge in [-0.15, -0.1) is 0 Å². The molecule has 0 heterocycles. The van der Waals surface area contributed by atoms with E-state index in [2.05, 4.69) is 5.32 Å². The zero-order valence-corrected chi connectivity index (χ0v) is 11.6. The molecule has 1 amide bonds. The number of sulfonamides is 1. The van der Waals surface area contributed by atoms with Crippen molar-refractivity contribution < 1.29 is 13.2 Å². The fourth-order valence-electron chi connectivity index (χ4n) is 1.61. The van der Waals surface area contributed by atoms with Crippen molar-refractivity contribution in [1.82, 2.24) is 5.32 Å². The molecule has 0 fully saturated rings. The number of carbonyl (C=O) groups is 1. The average Bonchev–Trinajstić information content (AvgIpc) is 2.26. The molecule has 0 unspecified atom stereocenters. The molecule has 100 valence electrons. The second kappa shape index (κ2) is 5.86. The number of benzene rings is 1. The highest BCUT2D eigenvalue weighted by Crippen LogP contribution is 2.21. The predicted octanol–water partition coefficient (Wildman–Crippen LogP) is 0.897. The lowest BCUT2D eigenvalue weighted by Crippen LogP contribution is -2.40. The van der Waals surface area contributed by atoms with Gasteiger partial charge in [-0.2, -0.15) is 0 Å². The van der Waals surface area contributed by atoms with Gasteiger partial charge in [0, 0.05) is 6.54 Å². The standard InChI is InChI=1S/C12H18N2O3S/c1-4-13-12(15)9-14(18(3,16)17)11-8-6-5-7-10(11)2/h5-8H,4,9H2,1-3H3,(H,13,15). The molecule has 0 spiro atoms. The van der Waals surface area contributed by atoms with E-state index in [9.17, 15) is 13.2 Å². The van der Waals surface area contributed by atoms with Crippen LogP contribution in [-0.4, -0.2) is 33.7 Å². The number of hydrogen-bond acceptors (Lipinski definition) is 3. The van der Waals surface area contributed by atoms with Gasteiger partial charge in [-0.3, -0.25) is 9.10 Å². The minimum Gasteiger partial charge on any atom is -0.355 e. The maximum absolute atomic E-state index is 11.8. The third-order valence-electron chi connectivity index (χ3n) is 2.45. The number of carbonyl (C=O) groups excluding carboxylic acids is 1. The first-order chi connectivity index (χ1) is 8.36. The van der Waals surface area contributed by atoms with Gasteiger partial charge >= 0.3 is 0 Å². The highest BCUT2D eigenvalue weighted by Gasteiger charge is 2.21. The Morgan fingerprint density at radius 2 is 1.94 bits per heavy atom. The second-order valence-corrected chi connectivity index (χ2v) is 5.92. The van der Waals surface area contributed by atoms with Gasteiger partial charge in [-0.25, -0.2) is 8.42 Å². The van der Waals surface area contributed by atoms with Gasteiger partial charge in [-0.1, -0.05) is 18.2 Å². The largest absolute Gasteiger partial charge is 0.355 e. The summed E-state index contributed by atoms with van der Waals surface area (Å²) in [6.45, 7) is 3.88. The molecule has 5 nitrogen and oxygen atoms in total. The molecule has 0 bridgehead atoms. The summed E-state index contributed by atoms with van der Waals surface area (Å²) >= 11 is 0. The van der Waals surface area contributed by atoms with Crippen LogP contribution in [0.5, 0.6) is 0 Å². The van der Waals surface area contributed by atoms with E-state index in [-0.39, 0.29) is 12.5 Å². The minimum absolute atomic E-state index is 0.197. The molecule has 0 aromatic heterocycles. The average molecular weight is 270 g/mol. The second-order valence-electron chi connectivity index (χ2n) is 4.01. The summed E-state index contributed by atoms with van der Waals surface area (Å²) in [5.41, 5.74) is 1.35. The van der Waals surface area contributed by atoms with Crippen molar-refractivity contribution in [2.45, 2.75) is 13.8 Å². The number of nitrogens with zero attached hydrogens (tertiary/aromatic N) is 1. The first kappa shape index (κ1) is 14.5. The van der Waals surface area contributed by atoms with Crippen molar-refractivity contribution in [2.75, 3.05) is 23.7 Å². The van der Waals surface area contributed by atoms with Crippen LogP contribution in [0.2, 0.25) is 0 Å². The van der Waals surface area contributed by atoms with Crippen LogP contribution in [0, 0.1) is 6.92 Å². The lowest BCUT2D eigenvalue weighted by atomic mass is 10.2. The Morgan fingerprint density at radius 1 is 1.33 bits per heavy atom. The van der Waals surface area contributed by atoms with E-state index in [4.69, 9.17) is 0 Å². The topological polar surface area (TPSA) is 66.5 Å². The summed E-state index contributed by atoms with van der Waals surface area (Å²) in [5.74, 6) is -0.314. The van der Waals surface area contributed by atoms with Crippen molar-refractivity contribution in [3.8, 4) is 0 Å².